The first kappa shape index (κ1) is 21.2. The summed E-state index contributed by atoms with van der Waals surface area (Å²) in [4.78, 5) is 20.0. The Labute approximate surface area is 183 Å². The average molecular weight is 419 g/mol. The molecule has 3 heterocycles. The van der Waals surface area contributed by atoms with Crippen molar-refractivity contribution in [3.63, 3.8) is 0 Å². The number of carbonyl (C=O) groups is 1. The molecular formula is C25H30N4O2. The highest BCUT2D eigenvalue weighted by Gasteiger charge is 2.43. The molecule has 3 aromatic rings. The largest absolute Gasteiger partial charge is 0.361 e. The fourth-order valence-electron chi connectivity index (χ4n) is 4.43. The van der Waals surface area contributed by atoms with Crippen LogP contribution in [0.3, 0.4) is 0 Å². The second-order valence-electron chi connectivity index (χ2n) is 8.50. The zero-order chi connectivity index (χ0) is 21.7. The molecule has 1 N–H and O–H groups in total. The van der Waals surface area contributed by atoms with Crippen molar-refractivity contribution in [2.75, 3.05) is 19.6 Å². The van der Waals surface area contributed by atoms with E-state index in [0.717, 1.165) is 48.6 Å². The molecule has 2 aromatic heterocycles. The predicted octanol–water partition coefficient (Wildman–Crippen LogP) is 4.01. The van der Waals surface area contributed by atoms with Crippen molar-refractivity contribution in [1.82, 2.24) is 20.4 Å². The number of benzene rings is 1. The predicted molar refractivity (Wildman–Crippen MR) is 120 cm³/mol. The van der Waals surface area contributed by atoms with Crippen LogP contribution in [-0.4, -0.2) is 40.6 Å². The van der Waals surface area contributed by atoms with Crippen LogP contribution in [0.2, 0.25) is 0 Å². The minimum Gasteiger partial charge on any atom is -0.361 e. The van der Waals surface area contributed by atoms with E-state index in [2.05, 4.69) is 39.4 Å². The molecule has 1 atom stereocenters. The Morgan fingerprint density at radius 3 is 2.81 bits per heavy atom. The lowest BCUT2D eigenvalue weighted by Crippen LogP contribution is -2.52. The number of pyridine rings is 1. The molecular weight excluding hydrogens is 388 g/mol. The number of amides is 1. The molecule has 0 aliphatic carbocycles. The second kappa shape index (κ2) is 9.43. The van der Waals surface area contributed by atoms with E-state index < -0.39 is 5.41 Å². The van der Waals surface area contributed by atoms with E-state index in [9.17, 15) is 4.79 Å². The third kappa shape index (κ3) is 5.02. The van der Waals surface area contributed by atoms with Gasteiger partial charge >= 0.3 is 0 Å². The van der Waals surface area contributed by atoms with Crippen LogP contribution in [0.1, 0.15) is 36.8 Å². The van der Waals surface area contributed by atoms with Crippen LogP contribution in [0.15, 0.2) is 59.3 Å². The Balaban J connectivity index is 1.55. The van der Waals surface area contributed by atoms with Gasteiger partial charge in [0.15, 0.2) is 0 Å². The summed E-state index contributed by atoms with van der Waals surface area (Å²) in [6.07, 6.45) is 4.15. The minimum atomic E-state index is -0.535. The molecule has 1 fully saturated rings. The molecule has 0 radical (unpaired) electrons. The molecule has 1 amide bonds. The first-order valence-corrected chi connectivity index (χ1v) is 11.0. The molecule has 6 heteroatoms. The van der Waals surface area contributed by atoms with E-state index in [0.29, 0.717) is 19.5 Å². The number of hydrogen-bond acceptors (Lipinski definition) is 5. The van der Waals surface area contributed by atoms with Gasteiger partial charge in [-0.1, -0.05) is 41.1 Å². The number of piperidine rings is 1. The van der Waals surface area contributed by atoms with Gasteiger partial charge in [0.25, 0.3) is 0 Å². The minimum absolute atomic E-state index is 0.0917. The molecule has 0 bridgehead atoms. The van der Waals surface area contributed by atoms with E-state index in [1.807, 2.05) is 49.5 Å². The zero-order valence-electron chi connectivity index (χ0n) is 18.3. The third-order valence-electron chi connectivity index (χ3n) is 6.01. The molecule has 0 spiro atoms. The Morgan fingerprint density at radius 2 is 2.06 bits per heavy atom. The molecule has 4 rings (SSSR count). The van der Waals surface area contributed by atoms with E-state index in [1.54, 1.807) is 0 Å². The van der Waals surface area contributed by atoms with Gasteiger partial charge in [-0.15, -0.1) is 0 Å². The van der Waals surface area contributed by atoms with Crippen LogP contribution in [0, 0.1) is 12.3 Å². The number of likely N-dealkylation sites (tertiary alicyclic amines) is 1. The van der Waals surface area contributed by atoms with E-state index in [4.69, 9.17) is 4.52 Å². The third-order valence-corrected chi connectivity index (χ3v) is 6.01. The average Bonchev–Trinajstić information content (AvgIpc) is 3.23. The molecule has 1 aliphatic heterocycles. The van der Waals surface area contributed by atoms with Crippen LogP contribution >= 0.6 is 0 Å². The number of rotatable bonds is 7. The smallest absolute Gasteiger partial charge is 0.227 e. The van der Waals surface area contributed by atoms with Crippen molar-refractivity contribution in [3.05, 3.63) is 71.7 Å². The lowest BCUT2D eigenvalue weighted by molar-refractivity contribution is -0.134. The van der Waals surface area contributed by atoms with Gasteiger partial charge in [0.1, 0.15) is 11.5 Å². The van der Waals surface area contributed by atoms with Gasteiger partial charge < -0.3 is 9.84 Å². The fraction of sp³-hybridized carbons (Fsp3) is 0.400. The number of nitrogens with zero attached hydrogens (tertiary/aromatic N) is 3. The topological polar surface area (TPSA) is 71.3 Å². The van der Waals surface area contributed by atoms with Crippen LogP contribution in [0.25, 0.3) is 11.3 Å². The molecule has 0 unspecified atom stereocenters. The Kier molecular flexibility index (Phi) is 6.47. The Bertz CT molecular complexity index is 1000. The number of nitrogens with one attached hydrogen (secondary N) is 1. The standard InChI is InChI=1S/C25H30N4O2/c1-3-26-24(30)25(12-6-14-29(18-25)17-21-7-4-5-13-27-21)16-22-15-23(28-31-22)20-10-8-19(2)9-11-20/h4-5,7-11,13,15H,3,6,12,14,16-18H2,1-2H3,(H,26,30)/t25-/m0/s1. The van der Waals surface area contributed by atoms with Crippen LogP contribution < -0.4 is 5.32 Å². The maximum atomic E-state index is 13.2. The monoisotopic (exact) mass is 418 g/mol. The lowest BCUT2D eigenvalue weighted by atomic mass is 9.75. The quantitative estimate of drug-likeness (QED) is 0.628. The van der Waals surface area contributed by atoms with Crippen molar-refractivity contribution in [1.29, 1.82) is 0 Å². The first-order chi connectivity index (χ1) is 15.1. The second-order valence-corrected chi connectivity index (χ2v) is 8.50. The number of aromatic nitrogens is 2. The highest BCUT2D eigenvalue weighted by molar-refractivity contribution is 5.83. The molecule has 0 saturated carbocycles. The van der Waals surface area contributed by atoms with Crippen molar-refractivity contribution < 1.29 is 9.32 Å². The summed E-state index contributed by atoms with van der Waals surface area (Å²) in [7, 11) is 0. The molecule has 1 saturated heterocycles. The van der Waals surface area contributed by atoms with Crippen molar-refractivity contribution >= 4 is 5.91 Å². The molecule has 162 valence electrons. The van der Waals surface area contributed by atoms with Crippen LogP contribution in [0.5, 0.6) is 0 Å². The van der Waals surface area contributed by atoms with Crippen molar-refractivity contribution in [2.24, 2.45) is 5.41 Å². The summed E-state index contributed by atoms with van der Waals surface area (Å²) in [6, 6.07) is 16.2. The van der Waals surface area contributed by atoms with Gasteiger partial charge in [-0.2, -0.15) is 0 Å². The van der Waals surface area contributed by atoms with E-state index >= 15 is 0 Å². The molecule has 31 heavy (non-hydrogen) atoms. The highest BCUT2D eigenvalue weighted by atomic mass is 16.5. The van der Waals surface area contributed by atoms with Gasteiger partial charge in [0.2, 0.25) is 5.91 Å². The summed E-state index contributed by atoms with van der Waals surface area (Å²) in [6.45, 7) is 7.02. The Morgan fingerprint density at radius 1 is 1.23 bits per heavy atom. The molecule has 1 aromatic carbocycles. The maximum absolute atomic E-state index is 13.2. The van der Waals surface area contributed by atoms with Gasteiger partial charge in [-0.3, -0.25) is 14.7 Å². The fourth-order valence-corrected chi connectivity index (χ4v) is 4.43. The lowest BCUT2D eigenvalue weighted by Gasteiger charge is -2.41. The summed E-state index contributed by atoms with van der Waals surface area (Å²) in [5.74, 6) is 0.843. The number of aryl methyl sites for hydroxylation is 1. The summed E-state index contributed by atoms with van der Waals surface area (Å²) in [5, 5.41) is 7.34. The Hall–Kier alpha value is -2.99. The maximum Gasteiger partial charge on any atom is 0.227 e. The highest BCUT2D eigenvalue weighted by Crippen LogP contribution is 2.35. The number of hydrogen-bond donors (Lipinski definition) is 1. The summed E-state index contributed by atoms with van der Waals surface area (Å²) < 4.78 is 5.70. The molecule has 1 aliphatic rings. The summed E-state index contributed by atoms with van der Waals surface area (Å²) >= 11 is 0. The van der Waals surface area contributed by atoms with E-state index in [-0.39, 0.29) is 5.91 Å². The first-order valence-electron chi connectivity index (χ1n) is 11.0. The summed E-state index contributed by atoms with van der Waals surface area (Å²) in [5.41, 5.74) is 3.52. The van der Waals surface area contributed by atoms with Gasteiger partial charge in [-0.25, -0.2) is 0 Å². The molecule has 6 nitrogen and oxygen atoms in total. The number of carbonyl (C=O) groups excluding carboxylic acids is 1. The van der Waals surface area contributed by atoms with Gasteiger partial charge in [0, 0.05) is 43.9 Å². The van der Waals surface area contributed by atoms with E-state index in [1.165, 1.54) is 5.56 Å². The zero-order valence-corrected chi connectivity index (χ0v) is 18.3. The van der Waals surface area contributed by atoms with Crippen LogP contribution in [0.4, 0.5) is 0 Å². The SMILES string of the molecule is CCNC(=O)[C@]1(Cc2cc(-c3ccc(C)cc3)no2)CCCN(Cc2ccccn2)C1. The normalized spacial score (nSPS) is 19.3. The van der Waals surface area contributed by atoms with Crippen LogP contribution in [-0.2, 0) is 17.8 Å². The van der Waals surface area contributed by atoms with Crippen molar-refractivity contribution in [2.45, 2.75) is 39.7 Å². The van der Waals surface area contributed by atoms with Gasteiger partial charge in [0.05, 0.1) is 11.1 Å². The van der Waals surface area contributed by atoms with Crippen molar-refractivity contribution in [3.8, 4) is 11.3 Å². The van der Waals surface area contributed by atoms with Gasteiger partial charge in [-0.05, 0) is 45.4 Å².